The van der Waals surface area contributed by atoms with Gasteiger partial charge in [0.2, 0.25) is 5.91 Å². The summed E-state index contributed by atoms with van der Waals surface area (Å²) in [6.45, 7) is 6.79. The third-order valence-corrected chi connectivity index (χ3v) is 2.25. The Kier molecular flexibility index (Phi) is 6.25. The fourth-order valence-corrected chi connectivity index (χ4v) is 1.13. The first-order valence-electron chi connectivity index (χ1n) is 5.03. The van der Waals surface area contributed by atoms with Gasteiger partial charge in [0, 0.05) is 5.75 Å². The first kappa shape index (κ1) is 15.6. The molecule has 6 heteroatoms. The highest BCUT2D eigenvalue weighted by atomic mass is 32.1. The molecule has 1 amide bonds. The van der Waals surface area contributed by atoms with Crippen molar-refractivity contribution >= 4 is 37.1 Å². The Morgan fingerprint density at radius 1 is 1.38 bits per heavy atom. The minimum atomic E-state index is -0.834. The van der Waals surface area contributed by atoms with E-state index in [0.717, 1.165) is 0 Å². The molecule has 1 N–H and O–H groups in total. The van der Waals surface area contributed by atoms with Crippen LogP contribution >= 0.6 is 25.3 Å². The Labute approximate surface area is 107 Å². The molecule has 4 nitrogen and oxygen atoms in total. The van der Waals surface area contributed by atoms with E-state index in [2.05, 4.69) is 30.6 Å². The average molecular weight is 265 g/mol. The second-order valence-electron chi connectivity index (χ2n) is 4.25. The summed E-state index contributed by atoms with van der Waals surface area (Å²) < 4.78 is 4.16. The van der Waals surface area contributed by atoms with E-state index in [1.165, 1.54) is 0 Å². The Balaban J connectivity index is 4.42. The summed E-state index contributed by atoms with van der Waals surface area (Å²) in [6, 6.07) is -0.732. The largest absolute Gasteiger partial charge is 0.461 e. The van der Waals surface area contributed by atoms with Gasteiger partial charge in [-0.05, 0) is 27.7 Å². The number of hydrogen-bond donors (Lipinski definition) is 3. The van der Waals surface area contributed by atoms with Crippen molar-refractivity contribution in [3.63, 3.8) is 0 Å². The lowest BCUT2D eigenvalue weighted by atomic mass is 10.2. The summed E-state index contributed by atoms with van der Waals surface area (Å²) in [7, 11) is 0. The van der Waals surface area contributed by atoms with Crippen LogP contribution < -0.4 is 5.32 Å². The Bertz CT molecular complexity index is 261. The van der Waals surface area contributed by atoms with E-state index in [9.17, 15) is 9.59 Å². The molecule has 0 aliphatic heterocycles. The van der Waals surface area contributed by atoms with Gasteiger partial charge in [-0.15, -0.1) is 0 Å². The number of hydrogen-bond acceptors (Lipinski definition) is 5. The Hall–Kier alpha value is -0.360. The van der Waals surface area contributed by atoms with Crippen LogP contribution in [0.1, 0.15) is 27.7 Å². The molecule has 0 radical (unpaired) electrons. The third kappa shape index (κ3) is 5.65. The molecule has 0 saturated carbocycles. The number of rotatable bonds is 5. The van der Waals surface area contributed by atoms with E-state index < -0.39 is 16.8 Å². The molecule has 0 fully saturated rings. The zero-order valence-corrected chi connectivity index (χ0v) is 11.8. The average Bonchev–Trinajstić information content (AvgIpc) is 2.10. The first-order chi connectivity index (χ1) is 7.18. The first-order valence-corrected chi connectivity index (χ1v) is 6.11. The zero-order valence-electron chi connectivity index (χ0n) is 9.98. The topological polar surface area (TPSA) is 55.4 Å². The van der Waals surface area contributed by atoms with E-state index in [-0.39, 0.29) is 17.8 Å². The smallest absolute Gasteiger partial charge is 0.329 e. The molecule has 0 rings (SSSR count). The van der Waals surface area contributed by atoms with Gasteiger partial charge >= 0.3 is 5.97 Å². The van der Waals surface area contributed by atoms with Crippen LogP contribution in [0.4, 0.5) is 0 Å². The molecule has 1 atom stereocenters. The van der Waals surface area contributed by atoms with Crippen LogP contribution in [-0.4, -0.2) is 34.5 Å². The van der Waals surface area contributed by atoms with Gasteiger partial charge in [0.15, 0.2) is 0 Å². The maximum atomic E-state index is 11.6. The van der Waals surface area contributed by atoms with Gasteiger partial charge in [-0.2, -0.15) is 25.3 Å². The predicted octanol–water partition coefficient (Wildman–Crippen LogP) is 1.06. The SMILES string of the molecule is CC(C)OC(=O)[C@H](CS)NC(=O)C(C)(C)S. The van der Waals surface area contributed by atoms with E-state index in [0.29, 0.717) is 0 Å². The summed E-state index contributed by atoms with van der Waals surface area (Å²) in [5.74, 6) is -0.604. The molecule has 94 valence electrons. The van der Waals surface area contributed by atoms with Crippen LogP contribution in [0.5, 0.6) is 0 Å². The van der Waals surface area contributed by atoms with Crippen LogP contribution in [0, 0.1) is 0 Å². The van der Waals surface area contributed by atoms with Crippen molar-refractivity contribution in [3.8, 4) is 0 Å². The monoisotopic (exact) mass is 265 g/mol. The maximum Gasteiger partial charge on any atom is 0.329 e. The van der Waals surface area contributed by atoms with Gasteiger partial charge in [-0.3, -0.25) is 4.79 Å². The highest BCUT2D eigenvalue weighted by Gasteiger charge is 2.28. The van der Waals surface area contributed by atoms with Gasteiger partial charge in [-0.25, -0.2) is 4.79 Å². The van der Waals surface area contributed by atoms with Crippen LogP contribution in [0.3, 0.4) is 0 Å². The Morgan fingerprint density at radius 3 is 2.19 bits per heavy atom. The van der Waals surface area contributed by atoms with Gasteiger partial charge in [0.25, 0.3) is 0 Å². The lowest BCUT2D eigenvalue weighted by Crippen LogP contribution is -2.49. The molecule has 0 aromatic heterocycles. The molecule has 0 heterocycles. The number of amides is 1. The van der Waals surface area contributed by atoms with Crippen molar-refractivity contribution in [2.24, 2.45) is 0 Å². The van der Waals surface area contributed by atoms with E-state index in [4.69, 9.17) is 4.74 Å². The highest BCUT2D eigenvalue weighted by Crippen LogP contribution is 2.12. The fraction of sp³-hybridized carbons (Fsp3) is 0.800. The van der Waals surface area contributed by atoms with Gasteiger partial charge in [-0.1, -0.05) is 0 Å². The second kappa shape index (κ2) is 6.39. The maximum absolute atomic E-state index is 11.6. The zero-order chi connectivity index (χ0) is 12.9. The molecule has 0 aliphatic rings. The molecular weight excluding hydrogens is 246 g/mol. The van der Waals surface area contributed by atoms with Crippen molar-refractivity contribution < 1.29 is 14.3 Å². The van der Waals surface area contributed by atoms with Crippen molar-refractivity contribution in [2.75, 3.05) is 5.75 Å². The minimum Gasteiger partial charge on any atom is -0.461 e. The lowest BCUT2D eigenvalue weighted by molar-refractivity contribution is -0.150. The van der Waals surface area contributed by atoms with Gasteiger partial charge < -0.3 is 10.1 Å². The van der Waals surface area contributed by atoms with Crippen LogP contribution in [-0.2, 0) is 14.3 Å². The quantitative estimate of drug-likeness (QED) is 0.515. The molecule has 0 spiro atoms. The lowest BCUT2D eigenvalue weighted by Gasteiger charge is -2.22. The van der Waals surface area contributed by atoms with Gasteiger partial charge in [0.05, 0.1) is 10.9 Å². The van der Waals surface area contributed by atoms with Gasteiger partial charge in [0.1, 0.15) is 6.04 Å². The number of nitrogens with one attached hydrogen (secondary N) is 1. The summed E-state index contributed by atoms with van der Waals surface area (Å²) in [5.41, 5.74) is 0. The predicted molar refractivity (Wildman–Crippen MR) is 70.1 cm³/mol. The Morgan fingerprint density at radius 2 is 1.88 bits per heavy atom. The summed E-state index contributed by atoms with van der Waals surface area (Å²) in [6.07, 6.45) is -0.212. The van der Waals surface area contributed by atoms with E-state index >= 15 is 0 Å². The summed E-state index contributed by atoms with van der Waals surface area (Å²) >= 11 is 8.12. The van der Waals surface area contributed by atoms with Crippen LogP contribution in [0.15, 0.2) is 0 Å². The molecule has 0 aromatic rings. The molecule has 0 aromatic carbocycles. The molecule has 0 aliphatic carbocycles. The molecule has 0 bridgehead atoms. The molecule has 16 heavy (non-hydrogen) atoms. The highest BCUT2D eigenvalue weighted by molar-refractivity contribution is 7.82. The third-order valence-electron chi connectivity index (χ3n) is 1.68. The number of carbonyl (C=O) groups is 2. The summed E-state index contributed by atoms with van der Waals surface area (Å²) in [5, 5.41) is 2.55. The number of ether oxygens (including phenoxy) is 1. The van der Waals surface area contributed by atoms with Crippen LogP contribution in [0.2, 0.25) is 0 Å². The number of thiol groups is 2. The standard InChI is InChI=1S/C10H19NO3S2/c1-6(2)14-8(12)7(5-15)11-9(13)10(3,4)16/h6-7,15-16H,5H2,1-4H3,(H,11,13)/t7-/m0/s1. The molecule has 0 unspecified atom stereocenters. The van der Waals surface area contributed by atoms with Crippen molar-refractivity contribution in [1.82, 2.24) is 5.32 Å². The molecule has 0 saturated heterocycles. The van der Waals surface area contributed by atoms with E-state index in [1.54, 1.807) is 27.7 Å². The van der Waals surface area contributed by atoms with Crippen molar-refractivity contribution in [1.29, 1.82) is 0 Å². The minimum absolute atomic E-state index is 0.196. The van der Waals surface area contributed by atoms with Crippen molar-refractivity contribution in [3.05, 3.63) is 0 Å². The number of esters is 1. The van der Waals surface area contributed by atoms with E-state index in [1.807, 2.05) is 0 Å². The summed E-state index contributed by atoms with van der Waals surface area (Å²) in [4.78, 5) is 23.1. The fourth-order valence-electron chi connectivity index (χ4n) is 0.828. The van der Waals surface area contributed by atoms with Crippen molar-refractivity contribution in [2.45, 2.75) is 44.6 Å². The number of carbonyl (C=O) groups excluding carboxylic acids is 2. The second-order valence-corrected chi connectivity index (χ2v) is 5.74. The normalized spacial score (nSPS) is 13.4. The molecular formula is C10H19NO3S2. The van der Waals surface area contributed by atoms with Crippen LogP contribution in [0.25, 0.3) is 0 Å².